The van der Waals surface area contributed by atoms with E-state index in [0.717, 1.165) is 0 Å². The fourth-order valence-electron chi connectivity index (χ4n) is 2.34. The minimum Gasteiger partial charge on any atom is -0.459 e. The molecular weight excluding hydrogens is 346 g/mol. The number of carbonyl (C=O) groups is 2. The molecule has 0 aliphatic rings. The SMILES string of the molecule is CN(C)CCN(CC(=O)OC(C)(C)C)C(=O)c1ccc(-n2cccn2)nc1. The summed E-state index contributed by atoms with van der Waals surface area (Å²) < 4.78 is 6.97. The molecule has 0 radical (unpaired) electrons. The molecule has 146 valence electrons. The molecule has 2 rings (SSSR count). The molecule has 0 aliphatic heterocycles. The highest BCUT2D eigenvalue weighted by molar-refractivity contribution is 5.95. The summed E-state index contributed by atoms with van der Waals surface area (Å²) >= 11 is 0. The number of likely N-dealkylation sites (N-methyl/N-ethyl adjacent to an activating group) is 1. The molecule has 1 amide bonds. The Labute approximate surface area is 159 Å². The van der Waals surface area contributed by atoms with E-state index in [1.54, 1.807) is 56.0 Å². The lowest BCUT2D eigenvalue weighted by Gasteiger charge is -2.26. The molecule has 0 aromatic carbocycles. The minimum absolute atomic E-state index is 0.106. The number of pyridine rings is 1. The van der Waals surface area contributed by atoms with Crippen LogP contribution in [0.15, 0.2) is 36.8 Å². The van der Waals surface area contributed by atoms with Gasteiger partial charge in [0, 0.05) is 31.7 Å². The maximum atomic E-state index is 12.9. The Bertz CT molecular complexity index is 749. The Morgan fingerprint density at radius 3 is 2.44 bits per heavy atom. The molecule has 0 saturated carbocycles. The number of hydrogen-bond acceptors (Lipinski definition) is 6. The summed E-state index contributed by atoms with van der Waals surface area (Å²) in [5.74, 6) is -0.0820. The average molecular weight is 373 g/mol. The first-order valence-electron chi connectivity index (χ1n) is 8.77. The van der Waals surface area contributed by atoms with E-state index in [4.69, 9.17) is 4.74 Å². The number of rotatable bonds is 7. The summed E-state index contributed by atoms with van der Waals surface area (Å²) in [6, 6.07) is 5.20. The molecule has 2 aromatic rings. The minimum atomic E-state index is -0.597. The van der Waals surface area contributed by atoms with E-state index in [2.05, 4.69) is 10.1 Å². The molecule has 8 heteroatoms. The third-order valence-electron chi connectivity index (χ3n) is 3.58. The first kappa shape index (κ1) is 20.6. The summed E-state index contributed by atoms with van der Waals surface area (Å²) in [7, 11) is 3.83. The van der Waals surface area contributed by atoms with Gasteiger partial charge in [-0.15, -0.1) is 0 Å². The highest BCUT2D eigenvalue weighted by atomic mass is 16.6. The van der Waals surface area contributed by atoms with Crippen LogP contribution >= 0.6 is 0 Å². The van der Waals surface area contributed by atoms with Crippen molar-refractivity contribution in [1.29, 1.82) is 0 Å². The predicted octanol–water partition coefficient (Wildman–Crippen LogP) is 1.61. The average Bonchev–Trinajstić information content (AvgIpc) is 3.11. The molecule has 8 nitrogen and oxygen atoms in total. The van der Waals surface area contributed by atoms with E-state index in [-0.39, 0.29) is 12.5 Å². The van der Waals surface area contributed by atoms with E-state index in [9.17, 15) is 9.59 Å². The van der Waals surface area contributed by atoms with E-state index >= 15 is 0 Å². The van der Waals surface area contributed by atoms with E-state index < -0.39 is 11.6 Å². The summed E-state index contributed by atoms with van der Waals surface area (Å²) in [4.78, 5) is 32.8. The Kier molecular flexibility index (Phi) is 6.68. The van der Waals surface area contributed by atoms with Crippen molar-refractivity contribution in [3.05, 3.63) is 42.4 Å². The third-order valence-corrected chi connectivity index (χ3v) is 3.58. The lowest BCUT2D eigenvalue weighted by atomic mass is 10.2. The predicted molar refractivity (Wildman–Crippen MR) is 102 cm³/mol. The van der Waals surface area contributed by atoms with Crippen molar-refractivity contribution in [2.24, 2.45) is 0 Å². The van der Waals surface area contributed by atoms with Crippen LogP contribution in [0.2, 0.25) is 0 Å². The van der Waals surface area contributed by atoms with Gasteiger partial charge in [0.15, 0.2) is 5.82 Å². The van der Waals surface area contributed by atoms with Crippen molar-refractivity contribution in [3.8, 4) is 5.82 Å². The van der Waals surface area contributed by atoms with Crippen LogP contribution in [0, 0.1) is 0 Å². The van der Waals surface area contributed by atoms with E-state index in [0.29, 0.717) is 24.5 Å². The standard InChI is InChI=1S/C19H27N5O3/c1-19(2,3)27-17(25)14-23(12-11-22(4)5)18(26)15-7-8-16(20-13-15)24-10-6-9-21-24/h6-10,13H,11-12,14H2,1-5H3. The monoisotopic (exact) mass is 373 g/mol. The van der Waals surface area contributed by atoms with Crippen molar-refractivity contribution < 1.29 is 14.3 Å². The number of hydrogen-bond donors (Lipinski definition) is 0. The second-order valence-electron chi connectivity index (χ2n) is 7.47. The second-order valence-corrected chi connectivity index (χ2v) is 7.47. The van der Waals surface area contributed by atoms with E-state index in [1.165, 1.54) is 11.1 Å². The number of nitrogens with zero attached hydrogens (tertiary/aromatic N) is 5. The van der Waals surface area contributed by atoms with Crippen LogP contribution in [0.1, 0.15) is 31.1 Å². The molecule has 0 aliphatic carbocycles. The molecule has 2 aromatic heterocycles. The number of esters is 1. The van der Waals surface area contributed by atoms with Gasteiger partial charge in [0.2, 0.25) is 0 Å². The van der Waals surface area contributed by atoms with Crippen molar-refractivity contribution in [2.45, 2.75) is 26.4 Å². The van der Waals surface area contributed by atoms with Crippen LogP contribution in [0.4, 0.5) is 0 Å². The van der Waals surface area contributed by atoms with Crippen molar-refractivity contribution in [2.75, 3.05) is 33.7 Å². The molecule has 0 fully saturated rings. The van der Waals surface area contributed by atoms with Gasteiger partial charge in [0.05, 0.1) is 5.56 Å². The van der Waals surface area contributed by atoms with Crippen molar-refractivity contribution in [1.82, 2.24) is 24.6 Å². The zero-order valence-corrected chi connectivity index (χ0v) is 16.5. The van der Waals surface area contributed by atoms with Gasteiger partial charge in [-0.2, -0.15) is 5.10 Å². The summed E-state index contributed by atoms with van der Waals surface area (Å²) in [6.07, 6.45) is 4.93. The summed E-state index contributed by atoms with van der Waals surface area (Å²) in [5, 5.41) is 4.11. The van der Waals surface area contributed by atoms with Gasteiger partial charge < -0.3 is 14.5 Å². The normalized spacial score (nSPS) is 11.5. The largest absolute Gasteiger partial charge is 0.459 e. The van der Waals surface area contributed by atoms with Crippen molar-refractivity contribution in [3.63, 3.8) is 0 Å². The van der Waals surface area contributed by atoms with Gasteiger partial charge in [-0.1, -0.05) is 0 Å². The highest BCUT2D eigenvalue weighted by Crippen LogP contribution is 2.11. The molecule has 27 heavy (non-hydrogen) atoms. The molecule has 0 bridgehead atoms. The lowest BCUT2D eigenvalue weighted by molar-refractivity contribution is -0.155. The topological polar surface area (TPSA) is 80.6 Å². The lowest BCUT2D eigenvalue weighted by Crippen LogP contribution is -2.42. The van der Waals surface area contributed by atoms with Crippen LogP contribution in [0.25, 0.3) is 5.82 Å². The zero-order valence-electron chi connectivity index (χ0n) is 16.5. The van der Waals surface area contributed by atoms with Crippen LogP contribution in [0.3, 0.4) is 0 Å². The maximum Gasteiger partial charge on any atom is 0.326 e. The Hall–Kier alpha value is -2.74. The Morgan fingerprint density at radius 2 is 1.93 bits per heavy atom. The van der Waals surface area contributed by atoms with Gasteiger partial charge in [-0.05, 0) is 53.1 Å². The molecule has 0 atom stereocenters. The quantitative estimate of drug-likeness (QED) is 0.686. The first-order chi connectivity index (χ1) is 12.7. The highest BCUT2D eigenvalue weighted by Gasteiger charge is 2.23. The van der Waals surface area contributed by atoms with Crippen LogP contribution < -0.4 is 0 Å². The van der Waals surface area contributed by atoms with Gasteiger partial charge in [0.1, 0.15) is 12.1 Å². The molecule has 0 spiro atoms. The van der Waals surface area contributed by atoms with Gasteiger partial charge in [-0.3, -0.25) is 9.59 Å². The van der Waals surface area contributed by atoms with E-state index in [1.807, 2.05) is 19.0 Å². The van der Waals surface area contributed by atoms with Crippen molar-refractivity contribution >= 4 is 11.9 Å². The summed E-state index contributed by atoms with van der Waals surface area (Å²) in [5.41, 5.74) is -0.187. The third kappa shape index (κ3) is 6.49. The van der Waals surface area contributed by atoms with Crippen LogP contribution in [-0.4, -0.2) is 75.8 Å². The fraction of sp³-hybridized carbons (Fsp3) is 0.474. The summed E-state index contributed by atoms with van der Waals surface area (Å²) in [6.45, 7) is 6.34. The molecule has 2 heterocycles. The Balaban J connectivity index is 2.13. The van der Waals surface area contributed by atoms with Gasteiger partial charge in [-0.25, -0.2) is 9.67 Å². The fourth-order valence-corrected chi connectivity index (χ4v) is 2.34. The second kappa shape index (κ2) is 8.77. The number of ether oxygens (including phenoxy) is 1. The smallest absolute Gasteiger partial charge is 0.326 e. The molecule has 0 saturated heterocycles. The van der Waals surface area contributed by atoms with Gasteiger partial charge >= 0.3 is 5.97 Å². The van der Waals surface area contributed by atoms with Gasteiger partial charge in [0.25, 0.3) is 5.91 Å². The maximum absolute atomic E-state index is 12.9. The number of aromatic nitrogens is 3. The first-order valence-corrected chi connectivity index (χ1v) is 8.77. The number of carbonyl (C=O) groups excluding carboxylic acids is 2. The molecule has 0 unspecified atom stereocenters. The van der Waals surface area contributed by atoms with Crippen LogP contribution in [-0.2, 0) is 9.53 Å². The molecule has 0 N–H and O–H groups in total. The Morgan fingerprint density at radius 1 is 1.19 bits per heavy atom. The van der Waals surface area contributed by atoms with Crippen LogP contribution in [0.5, 0.6) is 0 Å². The molecular formula is C19H27N5O3. The zero-order chi connectivity index (χ0) is 20.0. The number of amides is 1.